The highest BCUT2D eigenvalue weighted by atomic mass is 16.2. The van der Waals surface area contributed by atoms with Crippen molar-refractivity contribution >= 4 is 46.3 Å². The van der Waals surface area contributed by atoms with Crippen LogP contribution < -0.4 is 44.2 Å². The van der Waals surface area contributed by atoms with Crippen molar-refractivity contribution in [3.05, 3.63) is 41.7 Å². The molecule has 1 aromatic carbocycles. The minimum atomic E-state index is -1.01. The Morgan fingerprint density at radius 1 is 1.03 bits per heavy atom. The molecule has 0 spiro atoms. The average molecular weight is 483 g/mol. The largest absolute Gasteiger partial charge is 0.382 e. The summed E-state index contributed by atoms with van der Waals surface area (Å²) in [4.78, 5) is 54.5. The summed E-state index contributed by atoms with van der Waals surface area (Å²) in [6.07, 6.45) is 1.52. The third-order valence-electron chi connectivity index (χ3n) is 5.06. The monoisotopic (exact) mass is 482 g/mol. The number of fused-ring (bicyclic) bond motifs is 1. The first-order valence-corrected chi connectivity index (χ1v) is 10.4. The molecule has 11 N–H and O–H groups in total. The number of carbonyl (C=O) groups excluding carboxylic acids is 3. The van der Waals surface area contributed by atoms with E-state index in [1.807, 2.05) is 22.8 Å². The highest BCUT2D eigenvalue weighted by Crippen LogP contribution is 2.19. The summed E-state index contributed by atoms with van der Waals surface area (Å²) < 4.78 is 0. The first kappa shape index (κ1) is 25.0. The van der Waals surface area contributed by atoms with Crippen LogP contribution in [0.25, 0.3) is 11.2 Å². The van der Waals surface area contributed by atoms with E-state index in [0.29, 0.717) is 29.0 Å². The minimum absolute atomic E-state index is 0.0214. The van der Waals surface area contributed by atoms with Gasteiger partial charge in [-0.05, 0) is 30.7 Å². The Hall–Kier alpha value is -4.63. The van der Waals surface area contributed by atoms with E-state index in [2.05, 4.69) is 25.3 Å². The zero-order valence-corrected chi connectivity index (χ0v) is 18.9. The van der Waals surface area contributed by atoms with E-state index < -0.39 is 23.8 Å². The van der Waals surface area contributed by atoms with Crippen molar-refractivity contribution in [2.45, 2.75) is 25.4 Å². The van der Waals surface area contributed by atoms with Crippen molar-refractivity contribution in [2.75, 3.05) is 23.4 Å². The second-order valence-electron chi connectivity index (χ2n) is 7.54. The number of rotatable bonds is 9. The summed E-state index contributed by atoms with van der Waals surface area (Å²) in [7, 11) is 1.84. The number of nitrogen functional groups attached to an aromatic ring is 2. The van der Waals surface area contributed by atoms with Crippen LogP contribution in [0.4, 0.5) is 17.5 Å². The smallest absolute Gasteiger partial charge is 0.256 e. The van der Waals surface area contributed by atoms with Crippen molar-refractivity contribution in [2.24, 2.45) is 11.7 Å². The van der Waals surface area contributed by atoms with Gasteiger partial charge in [0.25, 0.3) is 11.8 Å². The van der Waals surface area contributed by atoms with Gasteiger partial charge in [0.15, 0.2) is 17.0 Å². The number of hydrazine groups is 2. The summed E-state index contributed by atoms with van der Waals surface area (Å²) in [5.74, 6) is 8.77. The van der Waals surface area contributed by atoms with Crippen LogP contribution in [0.2, 0.25) is 0 Å². The van der Waals surface area contributed by atoms with E-state index in [-0.39, 0.29) is 24.6 Å². The Kier molecular flexibility index (Phi) is 7.85. The standard InChI is InChI=1S/C20H26N12O3/c1-32(9-11-8-25-17-15(26-11)16(21)28-20(22)29-17)12-4-2-10(3-5-12)18(34)27-13(19(35)31-24)6-7-14(33)30-23/h2-5,8,13H,6-7,9,23-24H2,1H3,(H,27,34)(H,30,33)(H,31,35)(H4,21,22,25,28,29). The Labute approximate surface area is 199 Å². The average Bonchev–Trinajstić information content (AvgIpc) is 2.86. The highest BCUT2D eigenvalue weighted by molar-refractivity contribution is 5.97. The Morgan fingerprint density at radius 2 is 1.74 bits per heavy atom. The zero-order valence-electron chi connectivity index (χ0n) is 18.9. The molecule has 0 radical (unpaired) electrons. The molecule has 3 aromatic rings. The van der Waals surface area contributed by atoms with E-state index >= 15 is 0 Å². The maximum Gasteiger partial charge on any atom is 0.256 e. The number of aromatic nitrogens is 4. The number of nitrogens with zero attached hydrogens (tertiary/aromatic N) is 5. The van der Waals surface area contributed by atoms with E-state index in [1.54, 1.807) is 30.5 Å². The van der Waals surface area contributed by atoms with Gasteiger partial charge in [0.1, 0.15) is 6.04 Å². The van der Waals surface area contributed by atoms with Gasteiger partial charge in [0.2, 0.25) is 11.9 Å². The van der Waals surface area contributed by atoms with Crippen LogP contribution >= 0.6 is 0 Å². The van der Waals surface area contributed by atoms with E-state index in [4.69, 9.17) is 23.2 Å². The minimum Gasteiger partial charge on any atom is -0.382 e. The number of hydrogen-bond acceptors (Lipinski definition) is 12. The molecule has 0 aliphatic carbocycles. The number of amides is 3. The number of nitrogens with two attached hydrogens (primary N) is 4. The maximum absolute atomic E-state index is 12.6. The third kappa shape index (κ3) is 6.24. The van der Waals surface area contributed by atoms with Crippen LogP contribution in [0, 0.1) is 0 Å². The van der Waals surface area contributed by atoms with Crippen LogP contribution in [0.15, 0.2) is 30.5 Å². The van der Waals surface area contributed by atoms with Gasteiger partial charge in [0.05, 0.1) is 18.4 Å². The lowest BCUT2D eigenvalue weighted by Gasteiger charge is -2.20. The van der Waals surface area contributed by atoms with Crippen LogP contribution in [-0.2, 0) is 16.1 Å². The molecule has 1 atom stereocenters. The molecule has 3 rings (SSSR count). The fourth-order valence-corrected chi connectivity index (χ4v) is 3.22. The lowest BCUT2D eigenvalue weighted by Crippen LogP contribution is -2.49. The number of hydrogen-bond donors (Lipinski definition) is 7. The van der Waals surface area contributed by atoms with Crippen molar-refractivity contribution < 1.29 is 14.4 Å². The molecule has 0 saturated heterocycles. The summed E-state index contributed by atoms with van der Waals surface area (Å²) in [5, 5.41) is 2.56. The number of nitrogens with one attached hydrogen (secondary N) is 3. The molecule has 0 saturated carbocycles. The lowest BCUT2D eigenvalue weighted by atomic mass is 10.1. The van der Waals surface area contributed by atoms with Crippen molar-refractivity contribution in [1.82, 2.24) is 36.1 Å². The topological polar surface area (TPSA) is 246 Å². The zero-order chi connectivity index (χ0) is 25.5. The first-order valence-electron chi connectivity index (χ1n) is 10.4. The number of benzene rings is 1. The fraction of sp³-hybridized carbons (Fsp3) is 0.250. The quantitative estimate of drug-likeness (QED) is 0.100. The molecule has 2 heterocycles. The van der Waals surface area contributed by atoms with Gasteiger partial charge in [-0.15, -0.1) is 0 Å². The van der Waals surface area contributed by atoms with Gasteiger partial charge < -0.3 is 21.7 Å². The molecule has 2 aromatic heterocycles. The van der Waals surface area contributed by atoms with Crippen molar-refractivity contribution in [1.29, 1.82) is 0 Å². The van der Waals surface area contributed by atoms with Crippen LogP contribution in [0.3, 0.4) is 0 Å². The van der Waals surface area contributed by atoms with E-state index in [0.717, 1.165) is 5.69 Å². The molecule has 0 bridgehead atoms. The predicted octanol–water partition coefficient (Wildman–Crippen LogP) is -1.92. The summed E-state index contributed by atoms with van der Waals surface area (Å²) in [5.41, 5.74) is 17.8. The molecular formula is C20H26N12O3. The van der Waals surface area contributed by atoms with Gasteiger partial charge >= 0.3 is 0 Å². The van der Waals surface area contributed by atoms with Crippen LogP contribution in [0.1, 0.15) is 28.9 Å². The summed E-state index contributed by atoms with van der Waals surface area (Å²) in [6.45, 7) is 0.389. The molecule has 15 nitrogen and oxygen atoms in total. The highest BCUT2D eigenvalue weighted by Gasteiger charge is 2.22. The lowest BCUT2D eigenvalue weighted by molar-refractivity contribution is -0.124. The Balaban J connectivity index is 1.67. The third-order valence-corrected chi connectivity index (χ3v) is 5.06. The molecule has 1 unspecified atom stereocenters. The van der Waals surface area contributed by atoms with Gasteiger partial charge in [-0.25, -0.2) is 21.7 Å². The second kappa shape index (κ2) is 11.0. The van der Waals surface area contributed by atoms with Crippen LogP contribution in [-0.4, -0.2) is 50.7 Å². The molecule has 35 heavy (non-hydrogen) atoms. The molecule has 184 valence electrons. The van der Waals surface area contributed by atoms with Gasteiger partial charge in [-0.2, -0.15) is 9.97 Å². The van der Waals surface area contributed by atoms with E-state index in [9.17, 15) is 14.4 Å². The maximum atomic E-state index is 12.6. The van der Waals surface area contributed by atoms with Gasteiger partial charge in [0, 0.05) is 24.7 Å². The van der Waals surface area contributed by atoms with Gasteiger partial charge in [-0.3, -0.25) is 25.2 Å². The summed E-state index contributed by atoms with van der Waals surface area (Å²) >= 11 is 0. The number of anilines is 3. The second-order valence-corrected chi connectivity index (χ2v) is 7.54. The molecular weight excluding hydrogens is 456 g/mol. The molecule has 0 fully saturated rings. The van der Waals surface area contributed by atoms with Crippen molar-refractivity contribution in [3.63, 3.8) is 0 Å². The normalized spacial score (nSPS) is 11.5. The SMILES string of the molecule is CN(Cc1cnc2nc(N)nc(N)c2n1)c1ccc(C(=O)NC(CCC(=O)NN)C(=O)NN)cc1. The number of carbonyl (C=O) groups is 3. The first-order chi connectivity index (χ1) is 16.7. The molecule has 15 heteroatoms. The molecule has 0 aliphatic heterocycles. The van der Waals surface area contributed by atoms with Crippen LogP contribution in [0.5, 0.6) is 0 Å². The van der Waals surface area contributed by atoms with E-state index in [1.165, 1.54) is 0 Å². The molecule has 3 amide bonds. The van der Waals surface area contributed by atoms with Gasteiger partial charge in [-0.1, -0.05) is 0 Å². The fourth-order valence-electron chi connectivity index (χ4n) is 3.22. The predicted molar refractivity (Wildman–Crippen MR) is 128 cm³/mol. The molecule has 0 aliphatic rings. The summed E-state index contributed by atoms with van der Waals surface area (Å²) in [6, 6.07) is 5.67. The van der Waals surface area contributed by atoms with Crippen molar-refractivity contribution in [3.8, 4) is 0 Å². The Bertz CT molecular complexity index is 1230. The Morgan fingerprint density at radius 3 is 2.40 bits per heavy atom.